The first-order chi connectivity index (χ1) is 8.27. The van der Waals surface area contributed by atoms with Gasteiger partial charge in [0.25, 0.3) is 5.88 Å². The summed E-state index contributed by atoms with van der Waals surface area (Å²) in [6.07, 6.45) is 6.82. The van der Waals surface area contributed by atoms with E-state index in [0.717, 1.165) is 19.0 Å². The molecule has 0 aliphatic heterocycles. The lowest BCUT2D eigenvalue weighted by atomic mass is 10.2. The summed E-state index contributed by atoms with van der Waals surface area (Å²) in [7, 11) is 1.68. The molecule has 4 nitrogen and oxygen atoms in total. The van der Waals surface area contributed by atoms with Crippen molar-refractivity contribution < 1.29 is 9.13 Å². The molecule has 1 aromatic rings. The zero-order valence-electron chi connectivity index (χ0n) is 10.5. The van der Waals surface area contributed by atoms with Gasteiger partial charge in [0.05, 0.1) is 12.8 Å². The molecule has 0 atom stereocenters. The second-order valence-corrected chi connectivity index (χ2v) is 3.86. The Kier molecular flexibility index (Phi) is 6.29. The predicted octanol–water partition coefficient (Wildman–Crippen LogP) is 3.01. The van der Waals surface area contributed by atoms with Gasteiger partial charge in [-0.05, 0) is 6.42 Å². The molecule has 1 heterocycles. The fourth-order valence-corrected chi connectivity index (χ4v) is 1.45. The summed E-state index contributed by atoms with van der Waals surface area (Å²) in [6.45, 7) is 2.67. The lowest BCUT2D eigenvalue weighted by molar-refractivity contribution is 0.277. The van der Waals surface area contributed by atoms with Gasteiger partial charge < -0.3 is 10.1 Å². The largest absolute Gasteiger partial charge is 0.475 e. The SMILES string of the molecule is CCCCCCCOc1nc(NC)ncc1F. The second kappa shape index (κ2) is 7.81. The molecule has 0 spiro atoms. The molecule has 1 rings (SSSR count). The Morgan fingerprint density at radius 2 is 2.06 bits per heavy atom. The minimum atomic E-state index is -0.516. The lowest BCUT2D eigenvalue weighted by Crippen LogP contribution is -2.04. The molecule has 0 bridgehead atoms. The number of unbranched alkanes of at least 4 members (excludes halogenated alkanes) is 4. The van der Waals surface area contributed by atoms with E-state index in [4.69, 9.17) is 4.74 Å². The number of nitrogens with zero attached hydrogens (tertiary/aromatic N) is 2. The Hall–Kier alpha value is -1.39. The van der Waals surface area contributed by atoms with Gasteiger partial charge in [0.15, 0.2) is 0 Å². The van der Waals surface area contributed by atoms with Crippen molar-refractivity contribution in [3.8, 4) is 5.88 Å². The molecule has 0 aromatic carbocycles. The summed E-state index contributed by atoms with van der Waals surface area (Å²) in [6, 6.07) is 0. The van der Waals surface area contributed by atoms with Gasteiger partial charge in [-0.3, -0.25) is 0 Å². The smallest absolute Gasteiger partial charge is 0.255 e. The normalized spacial score (nSPS) is 10.3. The molecular formula is C12H20FN3O. The van der Waals surface area contributed by atoms with E-state index in [-0.39, 0.29) is 5.88 Å². The molecule has 0 radical (unpaired) electrons. The van der Waals surface area contributed by atoms with Crippen LogP contribution < -0.4 is 10.1 Å². The number of aromatic nitrogens is 2. The highest BCUT2D eigenvalue weighted by molar-refractivity contribution is 5.27. The third-order valence-corrected chi connectivity index (χ3v) is 2.42. The molecule has 0 aliphatic carbocycles. The highest BCUT2D eigenvalue weighted by atomic mass is 19.1. The number of anilines is 1. The second-order valence-electron chi connectivity index (χ2n) is 3.86. The van der Waals surface area contributed by atoms with E-state index < -0.39 is 5.82 Å². The van der Waals surface area contributed by atoms with E-state index in [1.54, 1.807) is 7.05 Å². The Bertz CT molecular complexity index is 334. The third-order valence-electron chi connectivity index (χ3n) is 2.42. The predicted molar refractivity (Wildman–Crippen MR) is 65.8 cm³/mol. The van der Waals surface area contributed by atoms with Crippen molar-refractivity contribution in [2.45, 2.75) is 39.0 Å². The maximum Gasteiger partial charge on any atom is 0.255 e. The van der Waals surface area contributed by atoms with E-state index >= 15 is 0 Å². The van der Waals surface area contributed by atoms with Gasteiger partial charge in [0.1, 0.15) is 0 Å². The van der Waals surface area contributed by atoms with Crippen LogP contribution in [0.3, 0.4) is 0 Å². The monoisotopic (exact) mass is 241 g/mol. The fourth-order valence-electron chi connectivity index (χ4n) is 1.45. The molecule has 0 aliphatic rings. The van der Waals surface area contributed by atoms with E-state index in [2.05, 4.69) is 22.2 Å². The van der Waals surface area contributed by atoms with Crippen LogP contribution in [0, 0.1) is 5.82 Å². The van der Waals surface area contributed by atoms with Crippen molar-refractivity contribution in [3.63, 3.8) is 0 Å². The Labute approximate surface area is 102 Å². The van der Waals surface area contributed by atoms with Gasteiger partial charge in [-0.1, -0.05) is 32.6 Å². The highest BCUT2D eigenvalue weighted by Gasteiger charge is 2.06. The van der Waals surface area contributed by atoms with Crippen molar-refractivity contribution in [2.75, 3.05) is 19.0 Å². The average Bonchev–Trinajstić information content (AvgIpc) is 2.35. The Morgan fingerprint density at radius 1 is 1.29 bits per heavy atom. The van der Waals surface area contributed by atoms with Crippen LogP contribution in [0.15, 0.2) is 6.20 Å². The summed E-state index contributed by atoms with van der Waals surface area (Å²) in [5.74, 6) is -0.121. The van der Waals surface area contributed by atoms with Crippen LogP contribution in [0.25, 0.3) is 0 Å². The van der Waals surface area contributed by atoms with Crippen molar-refractivity contribution in [1.29, 1.82) is 0 Å². The molecule has 0 saturated carbocycles. The molecule has 0 amide bonds. The zero-order valence-corrected chi connectivity index (χ0v) is 10.5. The van der Waals surface area contributed by atoms with E-state index in [9.17, 15) is 4.39 Å². The van der Waals surface area contributed by atoms with Crippen LogP contribution in [-0.4, -0.2) is 23.6 Å². The Balaban J connectivity index is 2.30. The Morgan fingerprint density at radius 3 is 2.76 bits per heavy atom. The van der Waals surface area contributed by atoms with Crippen molar-refractivity contribution in [3.05, 3.63) is 12.0 Å². The van der Waals surface area contributed by atoms with Crippen LogP contribution in [0.5, 0.6) is 5.88 Å². The number of rotatable bonds is 8. The van der Waals surface area contributed by atoms with Gasteiger partial charge in [-0.25, -0.2) is 4.98 Å². The molecular weight excluding hydrogens is 221 g/mol. The summed E-state index contributed by atoms with van der Waals surface area (Å²) >= 11 is 0. The molecule has 0 saturated heterocycles. The van der Waals surface area contributed by atoms with Crippen LogP contribution in [0.1, 0.15) is 39.0 Å². The fraction of sp³-hybridized carbons (Fsp3) is 0.667. The van der Waals surface area contributed by atoms with Gasteiger partial charge in [-0.15, -0.1) is 0 Å². The van der Waals surface area contributed by atoms with Crippen LogP contribution in [0.2, 0.25) is 0 Å². The van der Waals surface area contributed by atoms with Crippen molar-refractivity contribution in [2.24, 2.45) is 0 Å². The molecule has 96 valence electrons. The van der Waals surface area contributed by atoms with Crippen LogP contribution in [-0.2, 0) is 0 Å². The summed E-state index contributed by atoms with van der Waals surface area (Å²) in [4.78, 5) is 7.65. The van der Waals surface area contributed by atoms with Crippen molar-refractivity contribution >= 4 is 5.95 Å². The molecule has 1 aromatic heterocycles. The van der Waals surface area contributed by atoms with E-state index in [1.165, 1.54) is 19.3 Å². The molecule has 1 N–H and O–H groups in total. The standard InChI is InChI=1S/C12H20FN3O/c1-3-4-5-6-7-8-17-11-10(13)9-15-12(14-2)16-11/h9H,3-8H2,1-2H3,(H,14,15,16). The van der Waals surface area contributed by atoms with E-state index in [0.29, 0.717) is 12.6 Å². The number of nitrogens with one attached hydrogen (secondary N) is 1. The van der Waals surface area contributed by atoms with Gasteiger partial charge >= 0.3 is 0 Å². The van der Waals surface area contributed by atoms with Gasteiger partial charge in [-0.2, -0.15) is 9.37 Å². The highest BCUT2D eigenvalue weighted by Crippen LogP contribution is 2.14. The first-order valence-electron chi connectivity index (χ1n) is 6.11. The minimum absolute atomic E-state index is 0.0276. The minimum Gasteiger partial charge on any atom is -0.475 e. The lowest BCUT2D eigenvalue weighted by Gasteiger charge is -2.07. The van der Waals surface area contributed by atoms with Crippen LogP contribution >= 0.6 is 0 Å². The third kappa shape index (κ3) is 4.97. The number of hydrogen-bond donors (Lipinski definition) is 1. The summed E-state index contributed by atoms with van der Waals surface area (Å²) in [5, 5.41) is 2.74. The maximum absolute atomic E-state index is 13.3. The average molecular weight is 241 g/mol. The number of halogens is 1. The first kappa shape index (κ1) is 13.7. The van der Waals surface area contributed by atoms with Gasteiger partial charge in [0.2, 0.25) is 11.8 Å². The summed E-state index contributed by atoms with van der Waals surface area (Å²) < 4.78 is 18.6. The van der Waals surface area contributed by atoms with E-state index in [1.807, 2.05) is 0 Å². The number of hydrogen-bond acceptors (Lipinski definition) is 4. The maximum atomic E-state index is 13.3. The molecule has 5 heteroatoms. The topological polar surface area (TPSA) is 47.0 Å². The number of ether oxygens (including phenoxy) is 1. The van der Waals surface area contributed by atoms with Gasteiger partial charge in [0, 0.05) is 7.05 Å². The zero-order chi connectivity index (χ0) is 12.5. The molecule has 0 fully saturated rings. The quantitative estimate of drug-likeness (QED) is 0.711. The van der Waals surface area contributed by atoms with Crippen LogP contribution in [0.4, 0.5) is 10.3 Å². The summed E-state index contributed by atoms with van der Waals surface area (Å²) in [5.41, 5.74) is 0. The molecule has 0 unspecified atom stereocenters. The first-order valence-corrected chi connectivity index (χ1v) is 6.11. The van der Waals surface area contributed by atoms with Crippen molar-refractivity contribution in [1.82, 2.24) is 9.97 Å². The molecule has 17 heavy (non-hydrogen) atoms.